The third kappa shape index (κ3) is 5.99. The Hall–Kier alpha value is -1.58. The first kappa shape index (κ1) is 12.4. The highest BCUT2D eigenvalue weighted by Gasteiger charge is 2.07. The molecule has 1 aliphatic rings. The van der Waals surface area contributed by atoms with Gasteiger partial charge >= 0.3 is 11.9 Å². The van der Waals surface area contributed by atoms with Crippen LogP contribution in [-0.2, 0) is 14.3 Å². The molecule has 0 aliphatic heterocycles. The Morgan fingerprint density at radius 2 is 1.93 bits per heavy atom. The molecule has 4 heteroatoms. The van der Waals surface area contributed by atoms with Crippen LogP contribution in [0.15, 0.2) is 24.0 Å². The molecule has 0 spiro atoms. The van der Waals surface area contributed by atoms with Gasteiger partial charge in [-0.25, -0.2) is 4.79 Å². The smallest absolute Gasteiger partial charge is 0.330 e. The number of hydrogen-bond acceptors (Lipinski definition) is 3. The van der Waals surface area contributed by atoms with Crippen molar-refractivity contribution < 1.29 is 19.4 Å². The van der Waals surface area contributed by atoms with Crippen molar-refractivity contribution >= 4 is 11.9 Å². The Labute approximate surface area is 82.9 Å². The van der Waals surface area contributed by atoms with E-state index in [1.807, 2.05) is 6.08 Å². The average Bonchev–Trinajstić information content (AvgIpc) is 1.98. The van der Waals surface area contributed by atoms with Crippen molar-refractivity contribution in [1.82, 2.24) is 0 Å². The van der Waals surface area contributed by atoms with E-state index in [1.54, 1.807) is 0 Å². The van der Waals surface area contributed by atoms with Crippen molar-refractivity contribution in [2.45, 2.75) is 26.7 Å². The van der Waals surface area contributed by atoms with Gasteiger partial charge in [-0.1, -0.05) is 6.58 Å². The lowest BCUT2D eigenvalue weighted by molar-refractivity contribution is -0.137. The topological polar surface area (TPSA) is 63.6 Å². The lowest BCUT2D eigenvalue weighted by atomic mass is 10.1. The zero-order chi connectivity index (χ0) is 11.1. The Balaban J connectivity index is 0.000000255. The van der Waals surface area contributed by atoms with Crippen molar-refractivity contribution in [3.05, 3.63) is 24.0 Å². The molecule has 0 atom stereocenters. The molecule has 4 nitrogen and oxygen atoms in total. The van der Waals surface area contributed by atoms with Crippen LogP contribution >= 0.6 is 0 Å². The Kier molecular flexibility index (Phi) is 5.29. The molecule has 0 unspecified atom stereocenters. The van der Waals surface area contributed by atoms with Gasteiger partial charge in [-0.3, -0.25) is 4.79 Å². The summed E-state index contributed by atoms with van der Waals surface area (Å²) in [6, 6.07) is 0. The van der Waals surface area contributed by atoms with Crippen LogP contribution in [0, 0.1) is 0 Å². The molecule has 0 heterocycles. The summed E-state index contributed by atoms with van der Waals surface area (Å²) >= 11 is 0. The van der Waals surface area contributed by atoms with E-state index in [2.05, 4.69) is 6.58 Å². The van der Waals surface area contributed by atoms with Crippen molar-refractivity contribution in [3.63, 3.8) is 0 Å². The summed E-state index contributed by atoms with van der Waals surface area (Å²) in [5.41, 5.74) is 0.176. The number of rotatable bonds is 2. The normalized spacial score (nSPS) is 12.6. The highest BCUT2D eigenvalue weighted by Crippen LogP contribution is 2.18. The fourth-order valence-electron chi connectivity index (χ4n) is 0.539. The van der Waals surface area contributed by atoms with Crippen LogP contribution in [0.3, 0.4) is 0 Å². The van der Waals surface area contributed by atoms with E-state index >= 15 is 0 Å². The molecular formula is C10H14O4. The highest BCUT2D eigenvalue weighted by molar-refractivity contribution is 5.84. The second-order valence-electron chi connectivity index (χ2n) is 2.89. The molecular weight excluding hydrogens is 184 g/mol. The fourth-order valence-corrected chi connectivity index (χ4v) is 0.539. The maximum absolute atomic E-state index is 10.2. The van der Waals surface area contributed by atoms with Crippen LogP contribution in [-0.4, -0.2) is 17.0 Å². The summed E-state index contributed by atoms with van der Waals surface area (Å²) in [7, 11) is 0. The minimum atomic E-state index is -0.935. The maximum atomic E-state index is 10.2. The van der Waals surface area contributed by atoms with E-state index in [0.29, 0.717) is 0 Å². The number of esters is 1. The van der Waals surface area contributed by atoms with Gasteiger partial charge in [-0.05, 0) is 19.4 Å². The number of carboxylic acid groups (broad SMARTS) is 1. The van der Waals surface area contributed by atoms with Crippen LogP contribution < -0.4 is 0 Å². The number of carbonyl (C=O) groups is 2. The van der Waals surface area contributed by atoms with Crippen molar-refractivity contribution in [2.75, 3.05) is 0 Å². The van der Waals surface area contributed by atoms with Crippen molar-refractivity contribution in [2.24, 2.45) is 0 Å². The number of carbonyl (C=O) groups excluding carboxylic acids is 1. The molecule has 0 aromatic rings. The molecule has 14 heavy (non-hydrogen) atoms. The minimum absolute atomic E-state index is 0.176. The highest BCUT2D eigenvalue weighted by atomic mass is 16.5. The van der Waals surface area contributed by atoms with Crippen LogP contribution in [0.1, 0.15) is 26.7 Å². The Morgan fingerprint density at radius 1 is 1.50 bits per heavy atom. The van der Waals surface area contributed by atoms with E-state index < -0.39 is 5.97 Å². The summed E-state index contributed by atoms with van der Waals surface area (Å²) < 4.78 is 4.71. The third-order valence-electron chi connectivity index (χ3n) is 1.40. The number of allylic oxidation sites excluding steroid dienone is 2. The molecule has 1 rings (SSSR count). The number of hydrogen-bond donors (Lipinski definition) is 1. The van der Waals surface area contributed by atoms with Crippen LogP contribution in [0.4, 0.5) is 0 Å². The second kappa shape index (κ2) is 5.96. The van der Waals surface area contributed by atoms with Crippen LogP contribution in [0.5, 0.6) is 0 Å². The Morgan fingerprint density at radius 3 is 2.00 bits per heavy atom. The summed E-state index contributed by atoms with van der Waals surface area (Å²) in [4.78, 5) is 19.8. The zero-order valence-corrected chi connectivity index (χ0v) is 8.37. The second-order valence-corrected chi connectivity index (χ2v) is 2.89. The molecule has 78 valence electrons. The summed E-state index contributed by atoms with van der Waals surface area (Å²) in [5.74, 6) is -0.316. The van der Waals surface area contributed by atoms with E-state index in [9.17, 15) is 9.59 Å². The van der Waals surface area contributed by atoms with Crippen LogP contribution in [0.25, 0.3) is 0 Å². The standard InChI is InChI=1S/C6H8O2.C4H6O2/c1-5(7)8-6-3-2-4-6;1-3(2)4(5)6/h3H,2,4H2,1H3;1H2,2H3,(H,5,6). The van der Waals surface area contributed by atoms with Crippen LogP contribution in [0.2, 0.25) is 0 Å². The van der Waals surface area contributed by atoms with E-state index in [-0.39, 0.29) is 11.5 Å². The van der Waals surface area contributed by atoms with Crippen molar-refractivity contribution in [3.8, 4) is 0 Å². The lowest BCUT2D eigenvalue weighted by Crippen LogP contribution is -2.03. The molecule has 0 saturated heterocycles. The predicted molar refractivity (Wildman–Crippen MR) is 51.5 cm³/mol. The number of ether oxygens (including phenoxy) is 1. The predicted octanol–water partition coefficient (Wildman–Crippen LogP) is 1.87. The number of carboxylic acids is 1. The largest absolute Gasteiger partial charge is 0.478 e. The maximum Gasteiger partial charge on any atom is 0.330 e. The first-order chi connectivity index (χ1) is 6.43. The molecule has 0 bridgehead atoms. The third-order valence-corrected chi connectivity index (χ3v) is 1.40. The monoisotopic (exact) mass is 198 g/mol. The van der Waals surface area contributed by atoms with Crippen molar-refractivity contribution in [1.29, 1.82) is 0 Å². The molecule has 0 aromatic heterocycles. The van der Waals surface area contributed by atoms with Gasteiger partial charge in [-0.15, -0.1) is 0 Å². The van der Waals surface area contributed by atoms with Gasteiger partial charge in [0.15, 0.2) is 0 Å². The first-order valence-corrected chi connectivity index (χ1v) is 4.19. The van der Waals surface area contributed by atoms with Gasteiger partial charge in [0.05, 0.1) is 0 Å². The quantitative estimate of drug-likeness (QED) is 0.543. The summed E-state index contributed by atoms with van der Waals surface area (Å²) in [6.07, 6.45) is 3.91. The molecule has 1 aliphatic carbocycles. The molecule has 0 aromatic carbocycles. The van der Waals surface area contributed by atoms with Gasteiger partial charge in [0, 0.05) is 18.9 Å². The van der Waals surface area contributed by atoms with Gasteiger partial charge < -0.3 is 9.84 Å². The molecule has 0 radical (unpaired) electrons. The van der Waals surface area contributed by atoms with Gasteiger partial charge in [0.25, 0.3) is 0 Å². The van der Waals surface area contributed by atoms with E-state index in [1.165, 1.54) is 13.8 Å². The number of aliphatic carboxylic acids is 1. The van der Waals surface area contributed by atoms with E-state index in [4.69, 9.17) is 9.84 Å². The summed E-state index contributed by atoms with van der Waals surface area (Å²) in [6.45, 7) is 6.02. The van der Waals surface area contributed by atoms with Gasteiger partial charge in [0.2, 0.25) is 0 Å². The average molecular weight is 198 g/mol. The molecule has 0 amide bonds. The summed E-state index contributed by atoms with van der Waals surface area (Å²) in [5, 5.41) is 7.89. The molecule has 0 fully saturated rings. The minimum Gasteiger partial charge on any atom is -0.478 e. The zero-order valence-electron chi connectivity index (χ0n) is 8.37. The first-order valence-electron chi connectivity index (χ1n) is 4.19. The molecule has 1 N–H and O–H groups in total. The van der Waals surface area contributed by atoms with Gasteiger partial charge in [-0.2, -0.15) is 0 Å². The SMILES string of the molecule is C=C(C)C(=O)O.CC(=O)OC1=CCC1. The lowest BCUT2D eigenvalue weighted by Gasteiger charge is -2.11. The fraction of sp³-hybridized carbons (Fsp3) is 0.400. The molecule has 0 saturated carbocycles. The Bertz CT molecular complexity index is 264. The van der Waals surface area contributed by atoms with E-state index in [0.717, 1.165) is 18.6 Å². The van der Waals surface area contributed by atoms with Gasteiger partial charge in [0.1, 0.15) is 5.76 Å².